The average Bonchev–Trinajstić information content (AvgIpc) is 2.39. The van der Waals surface area contributed by atoms with Gasteiger partial charge >= 0.3 is 0 Å². The molecule has 2 rings (SSSR count). The van der Waals surface area contributed by atoms with Crippen LogP contribution in [0.5, 0.6) is 0 Å². The van der Waals surface area contributed by atoms with Crippen LogP contribution in [0.2, 0.25) is 0 Å². The van der Waals surface area contributed by atoms with Gasteiger partial charge in [-0.25, -0.2) is 0 Å². The molecule has 20 heavy (non-hydrogen) atoms. The second-order valence-electron chi connectivity index (χ2n) is 4.83. The van der Waals surface area contributed by atoms with Crippen molar-refractivity contribution in [1.29, 1.82) is 0 Å². The molecule has 1 atom stereocenters. The van der Waals surface area contributed by atoms with Crippen molar-refractivity contribution in [3.05, 3.63) is 63.6 Å². The Kier molecular flexibility index (Phi) is 4.78. The Labute approximate surface area is 133 Å². The predicted octanol–water partition coefficient (Wildman–Crippen LogP) is 4.56. The highest BCUT2D eigenvalue weighted by Crippen LogP contribution is 2.26. The molecule has 0 aliphatic rings. The number of hydrogen-bond donors (Lipinski definition) is 2. The molecule has 0 aliphatic heterocycles. The van der Waals surface area contributed by atoms with Crippen LogP contribution in [0.15, 0.2) is 46.9 Å². The van der Waals surface area contributed by atoms with Gasteiger partial charge in [0.2, 0.25) is 0 Å². The first-order valence-electron chi connectivity index (χ1n) is 6.40. The number of nitrogens with one attached hydrogen (secondary N) is 1. The van der Waals surface area contributed by atoms with Crippen molar-refractivity contribution in [1.82, 2.24) is 0 Å². The van der Waals surface area contributed by atoms with Crippen LogP contribution in [-0.2, 0) is 0 Å². The molecule has 2 aromatic carbocycles. The standard InChI is InChI=1S/C16H17BrN2S/c1-10-3-5-12(6-4-10)11(2)19-15-9-13(17)7-8-14(15)16(18)20/h3-9,11,19H,1-2H3,(H2,18,20). The molecule has 1 unspecified atom stereocenters. The smallest absolute Gasteiger partial charge is 0.106 e. The van der Waals surface area contributed by atoms with E-state index in [0.29, 0.717) is 4.99 Å². The average molecular weight is 349 g/mol. The second-order valence-corrected chi connectivity index (χ2v) is 6.19. The van der Waals surface area contributed by atoms with Gasteiger partial charge in [0.25, 0.3) is 0 Å². The molecule has 0 aliphatic carbocycles. The van der Waals surface area contributed by atoms with Crippen molar-refractivity contribution in [2.45, 2.75) is 19.9 Å². The Bertz CT molecular complexity index is 623. The van der Waals surface area contributed by atoms with Crippen LogP contribution in [0, 0.1) is 6.92 Å². The van der Waals surface area contributed by atoms with Gasteiger partial charge in [0, 0.05) is 21.8 Å². The Hall–Kier alpha value is -1.39. The van der Waals surface area contributed by atoms with E-state index < -0.39 is 0 Å². The zero-order valence-corrected chi connectivity index (χ0v) is 13.9. The lowest BCUT2D eigenvalue weighted by Crippen LogP contribution is -2.15. The van der Waals surface area contributed by atoms with Gasteiger partial charge in [0.05, 0.1) is 0 Å². The Morgan fingerprint density at radius 1 is 1.20 bits per heavy atom. The topological polar surface area (TPSA) is 38.0 Å². The van der Waals surface area contributed by atoms with Gasteiger partial charge in [-0.05, 0) is 37.6 Å². The highest BCUT2D eigenvalue weighted by molar-refractivity contribution is 9.10. The first-order valence-corrected chi connectivity index (χ1v) is 7.60. The van der Waals surface area contributed by atoms with E-state index in [4.69, 9.17) is 18.0 Å². The number of aryl methyl sites for hydroxylation is 1. The van der Waals surface area contributed by atoms with E-state index in [0.717, 1.165) is 15.7 Å². The maximum atomic E-state index is 5.78. The first-order chi connectivity index (χ1) is 9.47. The lowest BCUT2D eigenvalue weighted by molar-refractivity contribution is 0.883. The van der Waals surface area contributed by atoms with Gasteiger partial charge in [0.1, 0.15) is 4.99 Å². The van der Waals surface area contributed by atoms with Crippen LogP contribution in [0.4, 0.5) is 5.69 Å². The number of rotatable bonds is 4. The fraction of sp³-hybridized carbons (Fsp3) is 0.188. The van der Waals surface area contributed by atoms with Crippen LogP contribution in [0.3, 0.4) is 0 Å². The quantitative estimate of drug-likeness (QED) is 0.795. The molecule has 0 saturated carbocycles. The van der Waals surface area contributed by atoms with Crippen LogP contribution >= 0.6 is 28.1 Å². The van der Waals surface area contributed by atoms with Crippen LogP contribution < -0.4 is 11.1 Å². The third-order valence-electron chi connectivity index (χ3n) is 3.20. The predicted molar refractivity (Wildman–Crippen MR) is 93.2 cm³/mol. The van der Waals surface area contributed by atoms with E-state index in [2.05, 4.69) is 59.4 Å². The van der Waals surface area contributed by atoms with E-state index in [-0.39, 0.29) is 6.04 Å². The molecule has 104 valence electrons. The summed E-state index contributed by atoms with van der Waals surface area (Å²) >= 11 is 8.58. The SMILES string of the molecule is Cc1ccc(C(C)Nc2cc(Br)ccc2C(N)=S)cc1. The monoisotopic (exact) mass is 348 g/mol. The number of anilines is 1. The Morgan fingerprint density at radius 2 is 1.85 bits per heavy atom. The fourth-order valence-corrected chi connectivity index (χ4v) is 2.56. The summed E-state index contributed by atoms with van der Waals surface area (Å²) in [7, 11) is 0. The van der Waals surface area contributed by atoms with Gasteiger partial charge in [-0.2, -0.15) is 0 Å². The molecule has 0 fully saturated rings. The molecule has 0 aromatic heterocycles. The summed E-state index contributed by atoms with van der Waals surface area (Å²) < 4.78 is 0.996. The summed E-state index contributed by atoms with van der Waals surface area (Å²) in [5.41, 5.74) is 10.1. The summed E-state index contributed by atoms with van der Waals surface area (Å²) in [6.45, 7) is 4.20. The number of hydrogen-bond acceptors (Lipinski definition) is 2. The largest absolute Gasteiger partial charge is 0.389 e. The molecule has 0 saturated heterocycles. The van der Waals surface area contributed by atoms with Crippen molar-refractivity contribution >= 4 is 38.8 Å². The van der Waals surface area contributed by atoms with Crippen molar-refractivity contribution in [2.75, 3.05) is 5.32 Å². The Balaban J connectivity index is 2.27. The molecule has 2 aromatic rings. The molecule has 3 N–H and O–H groups in total. The molecule has 0 spiro atoms. The van der Waals surface area contributed by atoms with Crippen LogP contribution in [0.1, 0.15) is 29.7 Å². The van der Waals surface area contributed by atoms with Gasteiger partial charge in [-0.3, -0.25) is 0 Å². The van der Waals surface area contributed by atoms with Crippen LogP contribution in [-0.4, -0.2) is 4.99 Å². The maximum absolute atomic E-state index is 5.78. The van der Waals surface area contributed by atoms with E-state index in [1.54, 1.807) is 0 Å². The summed E-state index contributed by atoms with van der Waals surface area (Å²) in [5.74, 6) is 0. The number of benzene rings is 2. The van der Waals surface area contributed by atoms with Gasteiger partial charge < -0.3 is 11.1 Å². The zero-order valence-electron chi connectivity index (χ0n) is 11.5. The van der Waals surface area contributed by atoms with Crippen molar-refractivity contribution < 1.29 is 0 Å². The Morgan fingerprint density at radius 3 is 2.45 bits per heavy atom. The molecular formula is C16H17BrN2S. The molecule has 0 amide bonds. The van der Waals surface area contributed by atoms with Gasteiger partial charge in [-0.1, -0.05) is 58.0 Å². The lowest BCUT2D eigenvalue weighted by atomic mass is 10.1. The third-order valence-corrected chi connectivity index (χ3v) is 3.91. The normalized spacial score (nSPS) is 11.9. The highest BCUT2D eigenvalue weighted by atomic mass is 79.9. The number of nitrogens with two attached hydrogens (primary N) is 1. The molecule has 0 bridgehead atoms. The summed E-state index contributed by atoms with van der Waals surface area (Å²) in [6.07, 6.45) is 0. The minimum absolute atomic E-state index is 0.179. The fourth-order valence-electron chi connectivity index (χ4n) is 2.02. The zero-order chi connectivity index (χ0) is 14.7. The van der Waals surface area contributed by atoms with Crippen LogP contribution in [0.25, 0.3) is 0 Å². The minimum atomic E-state index is 0.179. The van der Waals surface area contributed by atoms with E-state index in [1.807, 2.05) is 18.2 Å². The van der Waals surface area contributed by atoms with E-state index in [9.17, 15) is 0 Å². The number of thiocarbonyl (C=S) groups is 1. The molecule has 2 nitrogen and oxygen atoms in total. The lowest BCUT2D eigenvalue weighted by Gasteiger charge is -2.18. The number of halogens is 1. The van der Waals surface area contributed by atoms with Crippen molar-refractivity contribution in [2.24, 2.45) is 5.73 Å². The molecule has 4 heteroatoms. The summed E-state index contributed by atoms with van der Waals surface area (Å²) in [4.78, 5) is 0.399. The van der Waals surface area contributed by atoms with Gasteiger partial charge in [-0.15, -0.1) is 0 Å². The second kappa shape index (κ2) is 6.37. The molecule has 0 radical (unpaired) electrons. The van der Waals surface area contributed by atoms with Crippen molar-refractivity contribution in [3.8, 4) is 0 Å². The maximum Gasteiger partial charge on any atom is 0.106 e. The first kappa shape index (κ1) is 15.0. The third kappa shape index (κ3) is 3.58. The molecule has 0 heterocycles. The minimum Gasteiger partial charge on any atom is -0.389 e. The van der Waals surface area contributed by atoms with E-state index in [1.165, 1.54) is 11.1 Å². The molecular weight excluding hydrogens is 332 g/mol. The highest BCUT2D eigenvalue weighted by Gasteiger charge is 2.10. The van der Waals surface area contributed by atoms with Gasteiger partial charge in [0.15, 0.2) is 0 Å². The van der Waals surface area contributed by atoms with Crippen molar-refractivity contribution in [3.63, 3.8) is 0 Å². The summed E-state index contributed by atoms with van der Waals surface area (Å²) in [5, 5.41) is 3.47. The van der Waals surface area contributed by atoms with E-state index >= 15 is 0 Å². The summed E-state index contributed by atoms with van der Waals surface area (Å²) in [6, 6.07) is 14.5.